The smallest absolute Gasteiger partial charge is 0.329 e. The number of hydrogen-bond donors (Lipinski definition) is 3. The quantitative estimate of drug-likeness (QED) is 0.516. The summed E-state index contributed by atoms with van der Waals surface area (Å²) in [6.07, 6.45) is 2.24. The number of benzene rings is 2. The van der Waals surface area contributed by atoms with Crippen LogP contribution >= 0.6 is 11.8 Å². The number of hydrogen-bond acceptors (Lipinski definition) is 5. The van der Waals surface area contributed by atoms with Crippen LogP contribution in [-0.4, -0.2) is 42.6 Å². The number of carbonyl (C=O) groups excluding carboxylic acids is 3. The van der Waals surface area contributed by atoms with Gasteiger partial charge in [-0.25, -0.2) is 9.59 Å². The zero-order valence-corrected chi connectivity index (χ0v) is 17.0. The predicted octanol–water partition coefficient (Wildman–Crippen LogP) is 2.23. The molecule has 0 aliphatic heterocycles. The zero-order chi connectivity index (χ0) is 21.1. The summed E-state index contributed by atoms with van der Waals surface area (Å²) in [4.78, 5) is 35.8. The van der Waals surface area contributed by atoms with Crippen LogP contribution in [0.1, 0.15) is 23.6 Å². The third kappa shape index (κ3) is 7.50. The molecule has 2 aromatic rings. The first-order valence-electron chi connectivity index (χ1n) is 9.12. The number of nitrogens with two attached hydrogens (primary N) is 1. The Morgan fingerprint density at radius 3 is 2.00 bits per heavy atom. The molecule has 8 heteroatoms. The van der Waals surface area contributed by atoms with Gasteiger partial charge in [0.15, 0.2) is 6.61 Å². The topological polar surface area (TPSA) is 111 Å². The maximum Gasteiger partial charge on any atom is 0.329 e. The molecule has 0 bridgehead atoms. The van der Waals surface area contributed by atoms with E-state index in [2.05, 4.69) is 10.6 Å². The molecule has 0 fully saturated rings. The van der Waals surface area contributed by atoms with Gasteiger partial charge in [-0.1, -0.05) is 60.7 Å². The van der Waals surface area contributed by atoms with Crippen LogP contribution in [0.4, 0.5) is 4.79 Å². The first-order chi connectivity index (χ1) is 14.0. The van der Waals surface area contributed by atoms with Crippen LogP contribution in [0.5, 0.6) is 0 Å². The third-order valence-electron chi connectivity index (χ3n) is 4.13. The van der Waals surface area contributed by atoms with Crippen LogP contribution in [0.15, 0.2) is 60.7 Å². The van der Waals surface area contributed by atoms with Crippen molar-refractivity contribution in [1.29, 1.82) is 0 Å². The van der Waals surface area contributed by atoms with Gasteiger partial charge in [-0.2, -0.15) is 11.8 Å². The highest BCUT2D eigenvalue weighted by Crippen LogP contribution is 2.21. The summed E-state index contributed by atoms with van der Waals surface area (Å²) in [5.41, 5.74) is 6.93. The van der Waals surface area contributed by atoms with Crippen LogP contribution in [-0.2, 0) is 14.3 Å². The summed E-state index contributed by atoms with van der Waals surface area (Å²) in [5.74, 6) is -0.501. The van der Waals surface area contributed by atoms with E-state index in [1.54, 1.807) is 0 Å². The summed E-state index contributed by atoms with van der Waals surface area (Å²) in [6.45, 7) is -0.453. The lowest BCUT2D eigenvalue weighted by Crippen LogP contribution is -2.45. The third-order valence-corrected chi connectivity index (χ3v) is 4.77. The van der Waals surface area contributed by atoms with Gasteiger partial charge in [0, 0.05) is 0 Å². The molecule has 2 rings (SSSR count). The molecule has 1 atom stereocenters. The average Bonchev–Trinajstić information content (AvgIpc) is 2.74. The molecule has 4 N–H and O–H groups in total. The molecule has 7 nitrogen and oxygen atoms in total. The van der Waals surface area contributed by atoms with Gasteiger partial charge >= 0.3 is 12.0 Å². The van der Waals surface area contributed by atoms with Gasteiger partial charge in [0.25, 0.3) is 5.91 Å². The minimum absolute atomic E-state index is 0.362. The number of amides is 3. The van der Waals surface area contributed by atoms with Crippen molar-refractivity contribution in [3.63, 3.8) is 0 Å². The Bertz CT molecular complexity index is 763. The van der Waals surface area contributed by atoms with E-state index in [-0.39, 0.29) is 6.04 Å². The minimum atomic E-state index is -0.883. The van der Waals surface area contributed by atoms with E-state index in [9.17, 15) is 14.4 Å². The molecule has 29 heavy (non-hydrogen) atoms. The number of esters is 1. The number of urea groups is 1. The number of rotatable bonds is 10. The molecule has 0 aliphatic carbocycles. The molecular weight excluding hydrogens is 390 g/mol. The number of thioether (sulfide) groups is 1. The van der Waals surface area contributed by atoms with Crippen molar-refractivity contribution in [1.82, 2.24) is 10.6 Å². The molecule has 3 amide bonds. The van der Waals surface area contributed by atoms with E-state index in [1.807, 2.05) is 66.9 Å². The monoisotopic (exact) mass is 415 g/mol. The van der Waals surface area contributed by atoms with Gasteiger partial charge < -0.3 is 21.1 Å². The minimum Gasteiger partial charge on any atom is -0.454 e. The molecule has 0 heterocycles. The standard InChI is InChI=1S/C21H25N3O4S/c1-29-13-12-17(23-21(22)27)20(26)28-14-18(25)24-19(15-8-4-2-5-9-15)16-10-6-3-7-11-16/h2-11,17,19H,12-14H2,1H3,(H,24,25)(H3,22,23,27)/t17-/m1/s1. The second-order valence-corrected chi connectivity index (χ2v) is 7.26. The molecule has 0 saturated carbocycles. The zero-order valence-electron chi connectivity index (χ0n) is 16.2. The van der Waals surface area contributed by atoms with E-state index in [4.69, 9.17) is 10.5 Å². The number of ether oxygens (including phenoxy) is 1. The van der Waals surface area contributed by atoms with Crippen LogP contribution in [0.3, 0.4) is 0 Å². The fourth-order valence-corrected chi connectivity index (χ4v) is 3.22. The van der Waals surface area contributed by atoms with Crippen LogP contribution < -0.4 is 16.4 Å². The van der Waals surface area contributed by atoms with Crippen LogP contribution in [0, 0.1) is 0 Å². The highest BCUT2D eigenvalue weighted by molar-refractivity contribution is 7.98. The number of primary amides is 1. The fourth-order valence-electron chi connectivity index (χ4n) is 2.75. The Balaban J connectivity index is 2.01. The van der Waals surface area contributed by atoms with Crippen molar-refractivity contribution >= 4 is 29.7 Å². The summed E-state index contributed by atoms with van der Waals surface area (Å²) in [5, 5.41) is 5.25. The van der Waals surface area contributed by atoms with Gasteiger partial charge in [0.2, 0.25) is 0 Å². The van der Waals surface area contributed by atoms with Gasteiger partial charge in [-0.3, -0.25) is 4.79 Å². The van der Waals surface area contributed by atoms with Crippen molar-refractivity contribution in [2.75, 3.05) is 18.6 Å². The van der Waals surface area contributed by atoms with Crippen molar-refractivity contribution < 1.29 is 19.1 Å². The van der Waals surface area contributed by atoms with Crippen LogP contribution in [0.25, 0.3) is 0 Å². The SMILES string of the molecule is CSCC[C@@H](NC(N)=O)C(=O)OCC(=O)NC(c1ccccc1)c1ccccc1. The molecular formula is C21H25N3O4S. The Morgan fingerprint density at radius 1 is 0.966 bits per heavy atom. The second kappa shape index (κ2) is 11.8. The van der Waals surface area contributed by atoms with Crippen molar-refractivity contribution in [3.8, 4) is 0 Å². The second-order valence-electron chi connectivity index (χ2n) is 6.27. The van der Waals surface area contributed by atoms with Crippen molar-refractivity contribution in [2.45, 2.75) is 18.5 Å². The maximum absolute atomic E-state index is 12.5. The molecule has 2 aromatic carbocycles. The number of nitrogens with one attached hydrogen (secondary N) is 2. The van der Waals surface area contributed by atoms with E-state index < -0.39 is 30.6 Å². The Labute approximate surface area is 174 Å². The van der Waals surface area contributed by atoms with E-state index >= 15 is 0 Å². The first-order valence-corrected chi connectivity index (χ1v) is 10.5. The Hall–Kier alpha value is -3.00. The lowest BCUT2D eigenvalue weighted by Gasteiger charge is -2.20. The fraction of sp³-hybridized carbons (Fsp3) is 0.286. The Kier molecular flexibility index (Phi) is 9.04. The lowest BCUT2D eigenvalue weighted by atomic mass is 9.99. The van der Waals surface area contributed by atoms with Crippen LogP contribution in [0.2, 0.25) is 0 Å². The van der Waals surface area contributed by atoms with Gasteiger partial charge in [0.1, 0.15) is 6.04 Å². The molecule has 0 unspecified atom stereocenters. The molecule has 154 valence electrons. The summed E-state index contributed by atoms with van der Waals surface area (Å²) >= 11 is 1.52. The Morgan fingerprint density at radius 2 is 1.52 bits per heavy atom. The molecule has 0 spiro atoms. The largest absolute Gasteiger partial charge is 0.454 e. The van der Waals surface area contributed by atoms with E-state index in [0.717, 1.165) is 11.1 Å². The first kappa shape index (κ1) is 22.3. The van der Waals surface area contributed by atoms with Gasteiger partial charge in [-0.15, -0.1) is 0 Å². The van der Waals surface area contributed by atoms with E-state index in [1.165, 1.54) is 11.8 Å². The summed E-state index contributed by atoms with van der Waals surface area (Å²) < 4.78 is 5.11. The normalized spacial score (nSPS) is 11.5. The van der Waals surface area contributed by atoms with Crippen molar-refractivity contribution in [3.05, 3.63) is 71.8 Å². The summed E-state index contributed by atoms with van der Waals surface area (Å²) in [7, 11) is 0. The van der Waals surface area contributed by atoms with Gasteiger partial charge in [-0.05, 0) is 29.6 Å². The van der Waals surface area contributed by atoms with Gasteiger partial charge in [0.05, 0.1) is 6.04 Å². The van der Waals surface area contributed by atoms with Crippen molar-refractivity contribution in [2.24, 2.45) is 5.73 Å². The predicted molar refractivity (Wildman–Crippen MR) is 113 cm³/mol. The maximum atomic E-state index is 12.5. The molecule has 0 radical (unpaired) electrons. The number of carbonyl (C=O) groups is 3. The summed E-state index contributed by atoms with van der Waals surface area (Å²) in [6, 6.07) is 17.0. The highest BCUT2D eigenvalue weighted by Gasteiger charge is 2.23. The average molecular weight is 416 g/mol. The van der Waals surface area contributed by atoms with E-state index in [0.29, 0.717) is 12.2 Å². The molecule has 0 saturated heterocycles. The lowest BCUT2D eigenvalue weighted by molar-refractivity contribution is -0.150. The molecule has 0 aliphatic rings. The highest BCUT2D eigenvalue weighted by atomic mass is 32.2. The molecule has 0 aromatic heterocycles.